The molecule has 3 aromatic rings. The molecular weight excluding hydrogens is 347 g/mol. The Hall–Kier alpha value is -2.65. The van der Waals surface area contributed by atoms with E-state index in [1.165, 1.54) is 11.1 Å². The summed E-state index contributed by atoms with van der Waals surface area (Å²) in [4.78, 5) is 4.85. The third-order valence-corrected chi connectivity index (χ3v) is 6.22. The fourth-order valence-corrected chi connectivity index (χ4v) is 4.84. The van der Waals surface area contributed by atoms with Crippen LogP contribution in [0.2, 0.25) is 0 Å². The van der Waals surface area contributed by atoms with Crippen molar-refractivity contribution < 1.29 is 4.39 Å². The van der Waals surface area contributed by atoms with Gasteiger partial charge in [-0.25, -0.2) is 4.39 Å². The first kappa shape index (κ1) is 17.4. The van der Waals surface area contributed by atoms with Crippen LogP contribution in [0.3, 0.4) is 0 Å². The van der Waals surface area contributed by atoms with Crippen molar-refractivity contribution in [2.75, 3.05) is 18.0 Å². The Labute approximate surface area is 166 Å². The van der Waals surface area contributed by atoms with Crippen molar-refractivity contribution in [3.8, 4) is 0 Å². The third-order valence-electron chi connectivity index (χ3n) is 6.22. The second kappa shape index (κ2) is 7.40. The Morgan fingerprint density at radius 1 is 0.714 bits per heavy atom. The van der Waals surface area contributed by atoms with Gasteiger partial charge in [-0.1, -0.05) is 72.8 Å². The van der Waals surface area contributed by atoms with Crippen LogP contribution < -0.4 is 4.90 Å². The summed E-state index contributed by atoms with van der Waals surface area (Å²) in [5.41, 5.74) is 3.47. The van der Waals surface area contributed by atoms with Crippen molar-refractivity contribution in [3.63, 3.8) is 0 Å². The van der Waals surface area contributed by atoms with Crippen molar-refractivity contribution in [1.82, 2.24) is 4.90 Å². The van der Waals surface area contributed by atoms with E-state index in [0.29, 0.717) is 17.9 Å². The summed E-state index contributed by atoms with van der Waals surface area (Å²) in [6.45, 7) is 3.84. The van der Waals surface area contributed by atoms with Crippen LogP contribution in [-0.4, -0.2) is 24.0 Å². The van der Waals surface area contributed by atoms with Gasteiger partial charge in [-0.05, 0) is 35.1 Å². The van der Waals surface area contributed by atoms with Crippen LogP contribution in [-0.2, 0) is 13.1 Å². The van der Waals surface area contributed by atoms with Crippen LogP contribution in [0.1, 0.15) is 11.1 Å². The fourth-order valence-electron chi connectivity index (χ4n) is 4.84. The lowest BCUT2D eigenvalue weighted by Crippen LogP contribution is -2.34. The highest BCUT2D eigenvalue weighted by molar-refractivity contribution is 5.50. The van der Waals surface area contributed by atoms with Crippen LogP contribution in [0.15, 0.2) is 84.9 Å². The molecule has 2 unspecified atom stereocenters. The predicted octanol–water partition coefficient (Wildman–Crippen LogP) is 4.96. The number of nitrogens with zero attached hydrogens (tertiary/aromatic N) is 2. The fraction of sp³-hybridized carbons (Fsp3) is 0.280. The van der Waals surface area contributed by atoms with E-state index in [4.69, 9.17) is 0 Å². The lowest BCUT2D eigenvalue weighted by molar-refractivity contribution is 0.222. The highest BCUT2D eigenvalue weighted by Gasteiger charge is 2.58. The van der Waals surface area contributed by atoms with E-state index in [1.807, 2.05) is 12.1 Å². The Morgan fingerprint density at radius 3 is 1.75 bits per heavy atom. The van der Waals surface area contributed by atoms with Gasteiger partial charge in [0.1, 0.15) is 5.82 Å². The first-order valence-electron chi connectivity index (χ1n) is 10.1. The highest BCUT2D eigenvalue weighted by atomic mass is 19.1. The molecule has 0 spiro atoms. The van der Waals surface area contributed by atoms with Gasteiger partial charge >= 0.3 is 0 Å². The molecule has 28 heavy (non-hydrogen) atoms. The lowest BCUT2D eigenvalue weighted by Gasteiger charge is -2.28. The first-order valence-corrected chi connectivity index (χ1v) is 10.1. The molecule has 0 amide bonds. The molecule has 0 radical (unpaired) electrons. The predicted molar refractivity (Wildman–Crippen MR) is 112 cm³/mol. The molecule has 3 aromatic carbocycles. The van der Waals surface area contributed by atoms with Crippen molar-refractivity contribution in [2.45, 2.75) is 19.1 Å². The second-order valence-corrected chi connectivity index (χ2v) is 8.05. The number of hydrogen-bond donors (Lipinski definition) is 0. The van der Waals surface area contributed by atoms with E-state index >= 15 is 0 Å². The van der Waals surface area contributed by atoms with Crippen molar-refractivity contribution >= 4 is 5.69 Å². The smallest absolute Gasteiger partial charge is 0.146 e. The maximum Gasteiger partial charge on any atom is 0.146 e. The van der Waals surface area contributed by atoms with Gasteiger partial charge in [0.25, 0.3) is 0 Å². The van der Waals surface area contributed by atoms with Crippen molar-refractivity contribution in [1.29, 1.82) is 0 Å². The minimum Gasteiger partial charge on any atom is -0.368 e. The van der Waals surface area contributed by atoms with E-state index in [2.05, 4.69) is 70.5 Å². The van der Waals surface area contributed by atoms with Crippen LogP contribution in [0.25, 0.3) is 0 Å². The molecule has 2 fully saturated rings. The average molecular weight is 372 g/mol. The Balaban J connectivity index is 1.31. The summed E-state index contributed by atoms with van der Waals surface area (Å²) in [6, 6.07) is 29.2. The SMILES string of the molecule is Fc1ccccc1N1CC2C(N(Cc3ccccc3)Cc3ccccc3)[C@H]2C1. The molecule has 142 valence electrons. The maximum atomic E-state index is 14.2. The topological polar surface area (TPSA) is 6.48 Å². The van der Waals surface area contributed by atoms with Gasteiger partial charge in [-0.15, -0.1) is 0 Å². The van der Waals surface area contributed by atoms with Gasteiger partial charge in [0.15, 0.2) is 0 Å². The first-order chi connectivity index (χ1) is 13.8. The van der Waals surface area contributed by atoms with Gasteiger partial charge in [-0.2, -0.15) is 0 Å². The highest BCUT2D eigenvalue weighted by Crippen LogP contribution is 2.51. The van der Waals surface area contributed by atoms with Crippen LogP contribution >= 0.6 is 0 Å². The number of piperidine rings is 1. The number of hydrogen-bond acceptors (Lipinski definition) is 2. The van der Waals surface area contributed by atoms with Crippen LogP contribution in [0.5, 0.6) is 0 Å². The Bertz CT molecular complexity index is 874. The number of para-hydroxylation sites is 1. The minimum atomic E-state index is -0.106. The number of benzene rings is 3. The summed E-state index contributed by atoms with van der Waals surface area (Å²) in [5, 5.41) is 0. The molecule has 3 atom stereocenters. The molecule has 3 heteroatoms. The number of halogens is 1. The van der Waals surface area contributed by atoms with Crippen LogP contribution in [0, 0.1) is 17.7 Å². The van der Waals surface area contributed by atoms with E-state index in [1.54, 1.807) is 12.1 Å². The molecule has 5 rings (SSSR count). The maximum absolute atomic E-state index is 14.2. The number of fused-ring (bicyclic) bond motifs is 1. The second-order valence-electron chi connectivity index (χ2n) is 8.05. The van der Waals surface area contributed by atoms with E-state index < -0.39 is 0 Å². The zero-order valence-electron chi connectivity index (χ0n) is 15.9. The summed E-state index contributed by atoms with van der Waals surface area (Å²) in [5.74, 6) is 1.16. The molecule has 1 aliphatic heterocycles. The zero-order valence-corrected chi connectivity index (χ0v) is 15.9. The zero-order chi connectivity index (χ0) is 18.9. The van der Waals surface area contributed by atoms with Gasteiger partial charge in [-0.3, -0.25) is 4.90 Å². The molecule has 0 bridgehead atoms. The van der Waals surface area contributed by atoms with Crippen molar-refractivity contribution in [2.24, 2.45) is 11.8 Å². The quantitative estimate of drug-likeness (QED) is 0.603. The standard InChI is InChI=1S/C25H25FN2/c26-23-13-7-8-14-24(23)27-17-21-22(18-27)25(21)28(15-19-9-3-1-4-10-19)16-20-11-5-2-6-12-20/h1-14,21-22,25H,15-18H2/t21-,22?,25?/m0/s1. The average Bonchev–Trinajstić information content (AvgIpc) is 3.23. The lowest BCUT2D eigenvalue weighted by atomic mass is 10.1. The molecule has 1 heterocycles. The Kier molecular flexibility index (Phi) is 4.61. The largest absolute Gasteiger partial charge is 0.368 e. The number of rotatable bonds is 6. The molecular formula is C25H25FN2. The van der Waals surface area contributed by atoms with E-state index in [0.717, 1.165) is 31.9 Å². The molecule has 0 N–H and O–H groups in total. The molecule has 2 nitrogen and oxygen atoms in total. The van der Waals surface area contributed by atoms with Gasteiger partial charge < -0.3 is 4.90 Å². The summed E-state index contributed by atoms with van der Waals surface area (Å²) in [6.07, 6.45) is 0. The minimum absolute atomic E-state index is 0.106. The Morgan fingerprint density at radius 2 is 1.21 bits per heavy atom. The van der Waals surface area contributed by atoms with Gasteiger partial charge in [0.05, 0.1) is 5.69 Å². The third kappa shape index (κ3) is 3.43. The van der Waals surface area contributed by atoms with E-state index in [-0.39, 0.29) is 5.82 Å². The van der Waals surface area contributed by atoms with E-state index in [9.17, 15) is 4.39 Å². The molecule has 1 aliphatic carbocycles. The summed E-state index contributed by atoms with van der Waals surface area (Å²) >= 11 is 0. The van der Waals surface area contributed by atoms with Crippen molar-refractivity contribution in [3.05, 3.63) is 102 Å². The summed E-state index contributed by atoms with van der Waals surface area (Å²) in [7, 11) is 0. The molecule has 1 saturated heterocycles. The molecule has 1 saturated carbocycles. The van der Waals surface area contributed by atoms with Gasteiger partial charge in [0, 0.05) is 32.2 Å². The number of anilines is 1. The monoisotopic (exact) mass is 372 g/mol. The van der Waals surface area contributed by atoms with Gasteiger partial charge in [0.2, 0.25) is 0 Å². The summed E-state index contributed by atoms with van der Waals surface area (Å²) < 4.78 is 14.2. The molecule has 2 aliphatic rings. The normalized spacial score (nSPS) is 23.1. The van der Waals surface area contributed by atoms with Crippen LogP contribution in [0.4, 0.5) is 10.1 Å². The molecule has 0 aromatic heterocycles.